The van der Waals surface area contributed by atoms with Crippen molar-refractivity contribution in [2.75, 3.05) is 25.3 Å². The number of aromatic amines is 1. The van der Waals surface area contributed by atoms with Gasteiger partial charge in [-0.2, -0.15) is 0 Å². The molecule has 172 valence electrons. The quantitative estimate of drug-likeness (QED) is 0.310. The molecule has 2 aromatic heterocycles. The number of fused-ring (bicyclic) bond motifs is 1. The van der Waals surface area contributed by atoms with Gasteiger partial charge in [-0.05, 0) is 30.9 Å². The van der Waals surface area contributed by atoms with E-state index < -0.39 is 0 Å². The van der Waals surface area contributed by atoms with Crippen LogP contribution in [-0.4, -0.2) is 35.8 Å². The van der Waals surface area contributed by atoms with E-state index in [-0.39, 0.29) is 17.2 Å². The summed E-state index contributed by atoms with van der Waals surface area (Å²) in [6.45, 7) is 6.35. The average molecular weight is 496 g/mol. The molecule has 3 rings (SSSR count). The maximum Gasteiger partial charge on any atom is 0.260 e. The van der Waals surface area contributed by atoms with Gasteiger partial charge in [-0.1, -0.05) is 43.6 Å². The van der Waals surface area contributed by atoms with Crippen LogP contribution in [0.15, 0.2) is 22.1 Å². The van der Waals surface area contributed by atoms with E-state index in [1.807, 2.05) is 6.92 Å². The summed E-state index contributed by atoms with van der Waals surface area (Å²) < 4.78 is 10.5. The third-order valence-corrected chi connectivity index (χ3v) is 7.39. The summed E-state index contributed by atoms with van der Waals surface area (Å²) >= 11 is 8.84. The highest BCUT2D eigenvalue weighted by molar-refractivity contribution is 7.99. The fourth-order valence-electron chi connectivity index (χ4n) is 3.24. The second-order valence-electron chi connectivity index (χ2n) is 7.43. The van der Waals surface area contributed by atoms with Crippen molar-refractivity contribution in [1.29, 1.82) is 0 Å². The molecule has 0 radical (unpaired) electrons. The van der Waals surface area contributed by atoms with Crippen LogP contribution in [0.25, 0.3) is 10.2 Å². The Balaban J connectivity index is 1.75. The van der Waals surface area contributed by atoms with Crippen LogP contribution in [0.2, 0.25) is 5.02 Å². The lowest BCUT2D eigenvalue weighted by molar-refractivity contribution is -0.113. The smallest absolute Gasteiger partial charge is 0.260 e. The van der Waals surface area contributed by atoms with Crippen molar-refractivity contribution in [3.8, 4) is 11.5 Å². The molecule has 7 nitrogen and oxygen atoms in total. The van der Waals surface area contributed by atoms with Gasteiger partial charge < -0.3 is 19.8 Å². The van der Waals surface area contributed by atoms with Crippen molar-refractivity contribution >= 4 is 56.5 Å². The van der Waals surface area contributed by atoms with Gasteiger partial charge in [0.05, 0.1) is 36.1 Å². The number of rotatable bonds is 9. The number of aryl methyl sites for hydroxylation is 1. The van der Waals surface area contributed by atoms with E-state index in [1.165, 1.54) is 37.3 Å². The summed E-state index contributed by atoms with van der Waals surface area (Å²) in [7, 11) is 3.00. The Bertz CT molecular complexity index is 1190. The average Bonchev–Trinajstić information content (AvgIpc) is 3.07. The molecule has 1 atom stereocenters. The highest BCUT2D eigenvalue weighted by Crippen LogP contribution is 2.36. The van der Waals surface area contributed by atoms with Crippen molar-refractivity contribution in [2.24, 2.45) is 5.92 Å². The number of nitrogens with one attached hydrogen (secondary N) is 2. The van der Waals surface area contributed by atoms with E-state index >= 15 is 0 Å². The second-order valence-corrected chi connectivity index (χ2v) is 10.0. The first-order chi connectivity index (χ1) is 15.3. The number of H-pyrrole nitrogens is 1. The van der Waals surface area contributed by atoms with E-state index in [0.29, 0.717) is 43.5 Å². The standard InChI is InChI=1S/C22H26ClN3O4S2/c1-6-11(2)7-13-12(3)32-21-19(13)20(28)25-22(26-21)31-10-18(27)24-15-8-14(23)16(29-4)9-17(15)30-5/h8-9,11H,6-7,10H2,1-5H3,(H,24,27)(H,25,26,28). The third kappa shape index (κ3) is 5.39. The molecule has 1 unspecified atom stereocenters. The minimum Gasteiger partial charge on any atom is -0.495 e. The lowest BCUT2D eigenvalue weighted by Gasteiger charge is -2.13. The van der Waals surface area contributed by atoms with Crippen LogP contribution in [0.3, 0.4) is 0 Å². The first kappa shape index (κ1) is 24.4. The monoisotopic (exact) mass is 495 g/mol. The molecule has 0 bridgehead atoms. The van der Waals surface area contributed by atoms with Gasteiger partial charge in [0.25, 0.3) is 5.56 Å². The van der Waals surface area contributed by atoms with Gasteiger partial charge in [-0.3, -0.25) is 9.59 Å². The number of nitrogens with zero attached hydrogens (tertiary/aromatic N) is 1. The van der Waals surface area contributed by atoms with Gasteiger partial charge in [-0.25, -0.2) is 4.98 Å². The largest absolute Gasteiger partial charge is 0.495 e. The summed E-state index contributed by atoms with van der Waals surface area (Å²) in [6, 6.07) is 3.18. The molecule has 0 aliphatic heterocycles. The van der Waals surface area contributed by atoms with Gasteiger partial charge in [0, 0.05) is 10.9 Å². The van der Waals surface area contributed by atoms with Crippen LogP contribution < -0.4 is 20.3 Å². The van der Waals surface area contributed by atoms with Crippen molar-refractivity contribution in [1.82, 2.24) is 9.97 Å². The highest BCUT2D eigenvalue weighted by Gasteiger charge is 2.18. The number of thiophene rings is 1. The third-order valence-electron chi connectivity index (χ3n) is 5.18. The highest BCUT2D eigenvalue weighted by atomic mass is 35.5. The van der Waals surface area contributed by atoms with Gasteiger partial charge in [0.1, 0.15) is 16.3 Å². The fourth-order valence-corrected chi connectivity index (χ4v) is 5.25. The molecule has 3 aromatic rings. The predicted octanol–water partition coefficient (Wildman–Crippen LogP) is 5.28. The summed E-state index contributed by atoms with van der Waals surface area (Å²) in [5.74, 6) is 1.15. The topological polar surface area (TPSA) is 93.3 Å². The lowest BCUT2D eigenvalue weighted by Crippen LogP contribution is -2.16. The summed E-state index contributed by atoms with van der Waals surface area (Å²) in [4.78, 5) is 34.5. The molecular weight excluding hydrogens is 470 g/mol. The van der Waals surface area contributed by atoms with Crippen LogP contribution >= 0.6 is 34.7 Å². The zero-order chi connectivity index (χ0) is 23.4. The van der Waals surface area contributed by atoms with E-state index in [2.05, 4.69) is 29.1 Å². The van der Waals surface area contributed by atoms with Crippen LogP contribution in [0.1, 0.15) is 30.7 Å². The van der Waals surface area contributed by atoms with Crippen molar-refractivity contribution in [2.45, 2.75) is 38.8 Å². The molecule has 0 saturated heterocycles. The number of halogens is 1. The normalized spacial score (nSPS) is 12.1. The molecule has 2 heterocycles. The zero-order valence-corrected chi connectivity index (χ0v) is 21.0. The Hall–Kier alpha value is -2.23. The molecule has 0 fully saturated rings. The lowest BCUT2D eigenvalue weighted by atomic mass is 9.98. The first-order valence-electron chi connectivity index (χ1n) is 10.1. The molecule has 0 aliphatic carbocycles. The van der Waals surface area contributed by atoms with Crippen molar-refractivity contribution in [3.05, 3.63) is 37.9 Å². The molecule has 0 aliphatic rings. The molecule has 1 amide bonds. The first-order valence-corrected chi connectivity index (χ1v) is 12.3. The maximum absolute atomic E-state index is 12.8. The number of hydrogen-bond donors (Lipinski definition) is 2. The SMILES string of the molecule is CCC(C)Cc1c(C)sc2nc(SCC(=O)Nc3cc(Cl)c(OC)cc3OC)[nH]c(=O)c12. The Morgan fingerprint density at radius 3 is 2.69 bits per heavy atom. The summed E-state index contributed by atoms with van der Waals surface area (Å²) in [6.07, 6.45) is 1.91. The number of anilines is 1. The van der Waals surface area contributed by atoms with Crippen LogP contribution in [0.5, 0.6) is 11.5 Å². The number of thioether (sulfide) groups is 1. The van der Waals surface area contributed by atoms with E-state index in [1.54, 1.807) is 12.1 Å². The molecule has 10 heteroatoms. The second kappa shape index (κ2) is 10.6. The number of amides is 1. The number of methoxy groups -OCH3 is 2. The number of aromatic nitrogens is 2. The molecular formula is C22H26ClN3O4S2. The summed E-state index contributed by atoms with van der Waals surface area (Å²) in [5.41, 5.74) is 1.35. The van der Waals surface area contributed by atoms with Crippen molar-refractivity contribution < 1.29 is 14.3 Å². The minimum absolute atomic E-state index is 0.0608. The zero-order valence-electron chi connectivity index (χ0n) is 18.6. The Morgan fingerprint density at radius 1 is 1.31 bits per heavy atom. The van der Waals surface area contributed by atoms with Crippen LogP contribution in [0.4, 0.5) is 5.69 Å². The van der Waals surface area contributed by atoms with Crippen LogP contribution in [0, 0.1) is 12.8 Å². The molecule has 0 spiro atoms. The molecule has 1 aromatic carbocycles. The molecule has 0 saturated carbocycles. The Labute approximate surface area is 199 Å². The van der Waals surface area contributed by atoms with E-state index in [0.717, 1.165) is 23.3 Å². The minimum atomic E-state index is -0.280. The predicted molar refractivity (Wildman–Crippen MR) is 132 cm³/mol. The van der Waals surface area contributed by atoms with E-state index in [4.69, 9.17) is 21.1 Å². The van der Waals surface area contributed by atoms with E-state index in [9.17, 15) is 9.59 Å². The molecule has 32 heavy (non-hydrogen) atoms. The van der Waals surface area contributed by atoms with Gasteiger partial charge in [-0.15, -0.1) is 11.3 Å². The van der Waals surface area contributed by atoms with Gasteiger partial charge in [0.2, 0.25) is 5.91 Å². The summed E-state index contributed by atoms with van der Waals surface area (Å²) in [5, 5.41) is 4.21. The maximum atomic E-state index is 12.8. The van der Waals surface area contributed by atoms with Crippen LogP contribution in [-0.2, 0) is 11.2 Å². The van der Waals surface area contributed by atoms with Gasteiger partial charge in [0.15, 0.2) is 5.16 Å². The Morgan fingerprint density at radius 2 is 2.03 bits per heavy atom. The molecule has 2 N–H and O–H groups in total. The number of hydrogen-bond acceptors (Lipinski definition) is 7. The number of carbonyl (C=O) groups is 1. The Kier molecular flexibility index (Phi) is 8.08. The van der Waals surface area contributed by atoms with Gasteiger partial charge >= 0.3 is 0 Å². The number of benzene rings is 1. The number of ether oxygens (including phenoxy) is 2. The van der Waals surface area contributed by atoms with Crippen molar-refractivity contribution in [3.63, 3.8) is 0 Å². The number of carbonyl (C=O) groups excluding carboxylic acids is 1. The fraction of sp³-hybridized carbons (Fsp3) is 0.409.